The van der Waals surface area contributed by atoms with Gasteiger partial charge in [0.1, 0.15) is 5.76 Å². The minimum Gasteiger partial charge on any atom is -0.467 e. The Morgan fingerprint density at radius 3 is 2.46 bits per heavy atom. The van der Waals surface area contributed by atoms with Crippen LogP contribution in [0.3, 0.4) is 0 Å². The van der Waals surface area contributed by atoms with E-state index in [1.807, 2.05) is 0 Å². The molecule has 2 aromatic rings. The number of carbonyl (C=O) groups excluding carboxylic acids is 4. The number of nitrogens with zero attached hydrogens (tertiary/aromatic N) is 1. The molecule has 1 aliphatic heterocycles. The van der Waals surface area contributed by atoms with E-state index in [-0.39, 0.29) is 29.3 Å². The van der Waals surface area contributed by atoms with Crippen LogP contribution in [0.4, 0.5) is 0 Å². The molecule has 0 aliphatic carbocycles. The maximum Gasteiger partial charge on any atom is 0.338 e. The predicted octanol–water partition coefficient (Wildman–Crippen LogP) is 2.15. The molecule has 0 saturated carbocycles. The zero-order chi connectivity index (χ0) is 20.4. The molecule has 1 aromatic carbocycles. The number of carbonyl (C=O) groups is 4. The lowest BCUT2D eigenvalue weighted by Crippen LogP contribution is -2.39. The fraction of sp³-hybridized carbons (Fsp3) is 0.300. The molecule has 1 atom stereocenters. The summed E-state index contributed by atoms with van der Waals surface area (Å²) in [7, 11) is 0. The molecule has 8 nitrogen and oxygen atoms in total. The van der Waals surface area contributed by atoms with Crippen molar-refractivity contribution >= 4 is 23.7 Å². The molecule has 3 rings (SSSR count). The van der Waals surface area contributed by atoms with Gasteiger partial charge in [0.2, 0.25) is 0 Å². The van der Waals surface area contributed by atoms with Gasteiger partial charge >= 0.3 is 5.97 Å². The monoisotopic (exact) mass is 384 g/mol. The highest BCUT2D eigenvalue weighted by atomic mass is 16.5. The number of hydrogen-bond donors (Lipinski definition) is 1. The van der Waals surface area contributed by atoms with E-state index >= 15 is 0 Å². The summed E-state index contributed by atoms with van der Waals surface area (Å²) in [6.07, 6.45) is 0.467. The van der Waals surface area contributed by atoms with Crippen LogP contribution in [-0.4, -0.2) is 40.7 Å². The van der Waals surface area contributed by atoms with E-state index in [0.29, 0.717) is 5.76 Å². The molecule has 0 saturated heterocycles. The molecule has 0 bridgehead atoms. The largest absolute Gasteiger partial charge is 0.467 e. The minimum atomic E-state index is -0.990. The Morgan fingerprint density at radius 1 is 1.11 bits per heavy atom. The van der Waals surface area contributed by atoms with E-state index in [4.69, 9.17) is 9.15 Å². The number of furan rings is 1. The number of rotatable bonds is 6. The Labute approximate surface area is 161 Å². The van der Waals surface area contributed by atoms with Crippen molar-refractivity contribution in [3.8, 4) is 0 Å². The SMILES string of the molecule is CC(C)NC(=O)[C@H](C)OC(=O)c1ccc2c(c1)C(=O)N(Cc1ccco1)C2=O. The van der Waals surface area contributed by atoms with Crippen LogP contribution >= 0.6 is 0 Å². The van der Waals surface area contributed by atoms with Crippen LogP contribution in [0.2, 0.25) is 0 Å². The van der Waals surface area contributed by atoms with Gasteiger partial charge in [-0.25, -0.2) is 4.79 Å². The van der Waals surface area contributed by atoms with Gasteiger partial charge in [0.05, 0.1) is 29.5 Å². The Bertz CT molecular complexity index is 932. The molecule has 1 aromatic heterocycles. The van der Waals surface area contributed by atoms with Crippen LogP contribution in [0.1, 0.15) is 57.6 Å². The van der Waals surface area contributed by atoms with Crippen molar-refractivity contribution < 1.29 is 28.3 Å². The lowest BCUT2D eigenvalue weighted by atomic mass is 10.1. The number of esters is 1. The zero-order valence-corrected chi connectivity index (χ0v) is 15.7. The Kier molecular flexibility index (Phi) is 5.30. The van der Waals surface area contributed by atoms with Crippen molar-refractivity contribution in [2.24, 2.45) is 0 Å². The molecule has 146 valence electrons. The average molecular weight is 384 g/mol. The van der Waals surface area contributed by atoms with E-state index in [0.717, 1.165) is 4.90 Å². The molecule has 3 amide bonds. The number of ether oxygens (including phenoxy) is 1. The third-order valence-electron chi connectivity index (χ3n) is 4.18. The maximum atomic E-state index is 12.6. The molecule has 0 unspecified atom stereocenters. The van der Waals surface area contributed by atoms with Gasteiger partial charge in [-0.1, -0.05) is 0 Å². The van der Waals surface area contributed by atoms with E-state index in [9.17, 15) is 19.2 Å². The van der Waals surface area contributed by atoms with Gasteiger partial charge in [-0.15, -0.1) is 0 Å². The number of fused-ring (bicyclic) bond motifs is 1. The van der Waals surface area contributed by atoms with Crippen LogP contribution in [-0.2, 0) is 16.1 Å². The van der Waals surface area contributed by atoms with Crippen molar-refractivity contribution in [1.82, 2.24) is 10.2 Å². The second-order valence-corrected chi connectivity index (χ2v) is 6.75. The van der Waals surface area contributed by atoms with Crippen molar-refractivity contribution in [2.45, 2.75) is 39.5 Å². The van der Waals surface area contributed by atoms with Crippen molar-refractivity contribution in [2.75, 3.05) is 0 Å². The third-order valence-corrected chi connectivity index (χ3v) is 4.18. The number of imide groups is 1. The molecule has 1 N–H and O–H groups in total. The smallest absolute Gasteiger partial charge is 0.338 e. The summed E-state index contributed by atoms with van der Waals surface area (Å²) in [5.41, 5.74) is 0.410. The van der Waals surface area contributed by atoms with Crippen LogP contribution in [0.25, 0.3) is 0 Å². The average Bonchev–Trinajstić information content (AvgIpc) is 3.24. The fourth-order valence-electron chi connectivity index (χ4n) is 2.80. The first kappa shape index (κ1) is 19.3. The Balaban J connectivity index is 1.75. The minimum absolute atomic E-state index is 0.00549. The van der Waals surface area contributed by atoms with Gasteiger partial charge in [-0.2, -0.15) is 0 Å². The molecule has 0 radical (unpaired) electrons. The summed E-state index contributed by atoms with van der Waals surface area (Å²) in [6.45, 7) is 5.06. The first-order valence-electron chi connectivity index (χ1n) is 8.82. The van der Waals surface area contributed by atoms with Gasteiger partial charge in [-0.05, 0) is 51.1 Å². The van der Waals surface area contributed by atoms with Crippen LogP contribution < -0.4 is 5.32 Å². The van der Waals surface area contributed by atoms with E-state index in [2.05, 4.69) is 5.32 Å². The molecule has 1 aliphatic rings. The predicted molar refractivity (Wildman–Crippen MR) is 97.5 cm³/mol. The quantitative estimate of drug-likeness (QED) is 0.604. The van der Waals surface area contributed by atoms with Crippen molar-refractivity contribution in [1.29, 1.82) is 0 Å². The molecule has 8 heteroatoms. The summed E-state index contributed by atoms with van der Waals surface area (Å²) >= 11 is 0. The first-order chi connectivity index (χ1) is 13.3. The molecule has 28 heavy (non-hydrogen) atoms. The summed E-state index contributed by atoms with van der Waals surface area (Å²) in [6, 6.07) is 7.36. The normalized spacial score (nSPS) is 14.2. The van der Waals surface area contributed by atoms with Crippen LogP contribution in [0.15, 0.2) is 41.0 Å². The van der Waals surface area contributed by atoms with Crippen LogP contribution in [0, 0.1) is 0 Å². The maximum absolute atomic E-state index is 12.6. The molecular formula is C20H20N2O6. The summed E-state index contributed by atoms with van der Waals surface area (Å²) in [5.74, 6) is -1.67. The molecule has 0 spiro atoms. The number of benzene rings is 1. The fourth-order valence-corrected chi connectivity index (χ4v) is 2.80. The van der Waals surface area contributed by atoms with Gasteiger partial charge in [0.25, 0.3) is 17.7 Å². The zero-order valence-electron chi connectivity index (χ0n) is 15.7. The second kappa shape index (κ2) is 7.67. The Morgan fingerprint density at radius 2 is 1.82 bits per heavy atom. The van der Waals surface area contributed by atoms with E-state index in [1.54, 1.807) is 26.0 Å². The molecule has 2 heterocycles. The first-order valence-corrected chi connectivity index (χ1v) is 8.82. The van der Waals surface area contributed by atoms with Crippen molar-refractivity contribution in [3.05, 3.63) is 59.0 Å². The van der Waals surface area contributed by atoms with E-state index < -0.39 is 29.8 Å². The van der Waals surface area contributed by atoms with Gasteiger partial charge in [-0.3, -0.25) is 19.3 Å². The molecular weight excluding hydrogens is 364 g/mol. The van der Waals surface area contributed by atoms with E-state index in [1.165, 1.54) is 31.4 Å². The highest BCUT2D eigenvalue weighted by Crippen LogP contribution is 2.26. The highest BCUT2D eigenvalue weighted by Gasteiger charge is 2.36. The summed E-state index contributed by atoms with van der Waals surface area (Å²) in [4.78, 5) is 50.4. The second-order valence-electron chi connectivity index (χ2n) is 6.75. The summed E-state index contributed by atoms with van der Waals surface area (Å²) in [5, 5.41) is 2.65. The molecule has 0 fully saturated rings. The van der Waals surface area contributed by atoms with Gasteiger partial charge < -0.3 is 14.5 Å². The lowest BCUT2D eigenvalue weighted by Gasteiger charge is -2.15. The summed E-state index contributed by atoms with van der Waals surface area (Å²) < 4.78 is 10.3. The number of nitrogens with one attached hydrogen (secondary N) is 1. The topological polar surface area (TPSA) is 106 Å². The number of amides is 3. The third kappa shape index (κ3) is 3.80. The lowest BCUT2D eigenvalue weighted by molar-refractivity contribution is -0.129. The van der Waals surface area contributed by atoms with Gasteiger partial charge in [0.15, 0.2) is 6.10 Å². The highest BCUT2D eigenvalue weighted by molar-refractivity contribution is 6.21. The Hall–Kier alpha value is -3.42. The number of hydrogen-bond acceptors (Lipinski definition) is 6. The van der Waals surface area contributed by atoms with Gasteiger partial charge in [0, 0.05) is 6.04 Å². The van der Waals surface area contributed by atoms with Crippen LogP contribution in [0.5, 0.6) is 0 Å². The van der Waals surface area contributed by atoms with Crippen molar-refractivity contribution in [3.63, 3.8) is 0 Å². The standard InChI is InChI=1S/C20H20N2O6/c1-11(2)21-17(23)12(3)28-20(26)13-6-7-15-16(9-13)19(25)22(18(15)24)10-14-5-4-8-27-14/h4-9,11-12H,10H2,1-3H3,(H,21,23)/t12-/m0/s1.